The van der Waals surface area contributed by atoms with Gasteiger partial charge in [0.1, 0.15) is 0 Å². The maximum Gasteiger partial charge on any atom is 0.214 e. The first kappa shape index (κ1) is 16.2. The fourth-order valence-corrected chi connectivity index (χ4v) is 4.01. The summed E-state index contributed by atoms with van der Waals surface area (Å²) in [6.07, 6.45) is 0.633. The van der Waals surface area contributed by atoms with Gasteiger partial charge >= 0.3 is 0 Å². The lowest BCUT2D eigenvalue weighted by molar-refractivity contribution is 0.216. The van der Waals surface area contributed by atoms with Crippen LogP contribution in [0.1, 0.15) is 16.5 Å². The molecule has 4 nitrogen and oxygen atoms in total. The Balaban J connectivity index is 2.14. The molecule has 0 aliphatic rings. The second-order valence-electron chi connectivity index (χ2n) is 4.69. The fourth-order valence-electron chi connectivity index (χ4n) is 2.01. The van der Waals surface area contributed by atoms with Crippen LogP contribution in [0.2, 0.25) is 0 Å². The van der Waals surface area contributed by atoms with Crippen molar-refractivity contribution in [3.05, 3.63) is 58.3 Å². The van der Waals surface area contributed by atoms with Gasteiger partial charge in [-0.05, 0) is 23.4 Å². The van der Waals surface area contributed by atoms with Gasteiger partial charge in [-0.25, -0.2) is 13.1 Å². The number of methoxy groups -OCH3 is 1. The van der Waals surface area contributed by atoms with Gasteiger partial charge in [0.05, 0.1) is 18.4 Å². The molecule has 0 bridgehead atoms. The quantitative estimate of drug-likeness (QED) is 0.811. The van der Waals surface area contributed by atoms with Crippen molar-refractivity contribution in [3.8, 4) is 0 Å². The van der Waals surface area contributed by atoms with Crippen molar-refractivity contribution < 1.29 is 13.2 Å². The van der Waals surface area contributed by atoms with Gasteiger partial charge < -0.3 is 4.74 Å². The largest absolute Gasteiger partial charge is 0.384 e. The van der Waals surface area contributed by atoms with Crippen LogP contribution in [-0.2, 0) is 21.2 Å². The lowest BCUT2D eigenvalue weighted by atomic mass is 10.1. The first-order valence-electron chi connectivity index (χ1n) is 6.67. The summed E-state index contributed by atoms with van der Waals surface area (Å²) < 4.78 is 31.8. The Morgan fingerprint density at radius 2 is 1.95 bits per heavy atom. The Morgan fingerprint density at radius 1 is 1.19 bits per heavy atom. The maximum absolute atomic E-state index is 12.1. The van der Waals surface area contributed by atoms with Crippen LogP contribution in [0.3, 0.4) is 0 Å². The van der Waals surface area contributed by atoms with Crippen LogP contribution in [-0.4, -0.2) is 27.9 Å². The van der Waals surface area contributed by atoms with Crippen molar-refractivity contribution in [1.29, 1.82) is 0 Å². The molecule has 1 aromatic heterocycles. The third-order valence-electron chi connectivity index (χ3n) is 3.05. The third kappa shape index (κ3) is 5.24. The number of thiophene rings is 1. The van der Waals surface area contributed by atoms with Gasteiger partial charge in [-0.3, -0.25) is 0 Å². The molecule has 0 aliphatic heterocycles. The number of hydrogen-bond acceptors (Lipinski definition) is 4. The molecule has 0 aliphatic carbocycles. The van der Waals surface area contributed by atoms with E-state index in [2.05, 4.69) is 4.72 Å². The zero-order valence-corrected chi connectivity index (χ0v) is 13.5. The van der Waals surface area contributed by atoms with Gasteiger partial charge in [0, 0.05) is 12.0 Å². The summed E-state index contributed by atoms with van der Waals surface area (Å²) >= 11 is 1.56. The smallest absolute Gasteiger partial charge is 0.214 e. The molecule has 0 saturated heterocycles. The van der Waals surface area contributed by atoms with E-state index in [1.54, 1.807) is 11.3 Å². The lowest BCUT2D eigenvalue weighted by Crippen LogP contribution is -2.32. The average Bonchev–Trinajstić information content (AvgIpc) is 3.00. The normalized spacial score (nSPS) is 13.2. The second kappa shape index (κ2) is 7.70. The van der Waals surface area contributed by atoms with Crippen molar-refractivity contribution in [3.63, 3.8) is 0 Å². The maximum atomic E-state index is 12.1. The number of hydrogen-bond donors (Lipinski definition) is 1. The first-order chi connectivity index (χ1) is 10.1. The van der Waals surface area contributed by atoms with Crippen LogP contribution in [0.25, 0.3) is 0 Å². The number of sulfonamides is 1. The zero-order chi connectivity index (χ0) is 15.1. The fraction of sp³-hybridized carbons (Fsp3) is 0.333. The van der Waals surface area contributed by atoms with E-state index in [-0.39, 0.29) is 18.4 Å². The SMILES string of the molecule is COCCS(=O)(=O)N[C@H](Cc1ccccc1)c1cccs1. The molecular weight excluding hydrogens is 306 g/mol. The minimum atomic E-state index is -3.36. The Labute approximate surface area is 129 Å². The Hall–Kier alpha value is -1.21. The molecular formula is C15H19NO3S2. The highest BCUT2D eigenvalue weighted by atomic mass is 32.2. The molecule has 1 N–H and O–H groups in total. The van der Waals surface area contributed by atoms with E-state index in [4.69, 9.17) is 4.74 Å². The summed E-state index contributed by atoms with van der Waals surface area (Å²) in [7, 11) is -1.86. The van der Waals surface area contributed by atoms with E-state index in [1.807, 2.05) is 47.8 Å². The van der Waals surface area contributed by atoms with Crippen molar-refractivity contribution in [2.75, 3.05) is 19.5 Å². The van der Waals surface area contributed by atoms with Gasteiger partial charge in [-0.15, -0.1) is 11.3 Å². The molecule has 1 heterocycles. The average molecular weight is 325 g/mol. The first-order valence-corrected chi connectivity index (χ1v) is 9.20. The third-order valence-corrected chi connectivity index (χ3v) is 5.38. The van der Waals surface area contributed by atoms with Crippen molar-refractivity contribution in [2.24, 2.45) is 0 Å². The number of nitrogens with one attached hydrogen (secondary N) is 1. The lowest BCUT2D eigenvalue weighted by Gasteiger charge is -2.17. The van der Waals surface area contributed by atoms with Crippen LogP contribution >= 0.6 is 11.3 Å². The van der Waals surface area contributed by atoms with Gasteiger partial charge in [0.2, 0.25) is 10.0 Å². The molecule has 6 heteroatoms. The van der Waals surface area contributed by atoms with Gasteiger partial charge in [-0.2, -0.15) is 0 Å². The van der Waals surface area contributed by atoms with E-state index >= 15 is 0 Å². The second-order valence-corrected chi connectivity index (χ2v) is 7.54. The molecule has 0 fully saturated rings. The standard InChI is InChI=1S/C15H19NO3S2/c1-19-9-11-21(17,18)16-14(15-8-5-10-20-15)12-13-6-3-2-4-7-13/h2-8,10,14,16H,9,11-12H2,1H3/t14-/m1/s1. The van der Waals surface area contributed by atoms with E-state index in [1.165, 1.54) is 7.11 Å². The van der Waals surface area contributed by atoms with E-state index in [0.717, 1.165) is 10.4 Å². The number of benzene rings is 1. The van der Waals surface area contributed by atoms with Gasteiger partial charge in [0.25, 0.3) is 0 Å². The molecule has 0 radical (unpaired) electrons. The van der Waals surface area contributed by atoms with E-state index in [9.17, 15) is 8.42 Å². The van der Waals surface area contributed by atoms with E-state index < -0.39 is 10.0 Å². The summed E-state index contributed by atoms with van der Waals surface area (Å²) in [5.74, 6) is -0.0276. The summed E-state index contributed by atoms with van der Waals surface area (Å²) in [5, 5.41) is 1.96. The van der Waals surface area contributed by atoms with Crippen LogP contribution in [0, 0.1) is 0 Å². The molecule has 2 aromatic rings. The minimum Gasteiger partial charge on any atom is -0.384 e. The summed E-state index contributed by atoms with van der Waals surface area (Å²) in [6, 6.07) is 13.5. The van der Waals surface area contributed by atoms with Crippen molar-refractivity contribution in [1.82, 2.24) is 4.72 Å². The molecule has 114 valence electrons. The molecule has 0 spiro atoms. The number of rotatable bonds is 8. The molecule has 0 saturated carbocycles. The van der Waals surface area contributed by atoms with Crippen LogP contribution in [0.4, 0.5) is 0 Å². The summed E-state index contributed by atoms with van der Waals surface area (Å²) in [4.78, 5) is 1.01. The Morgan fingerprint density at radius 3 is 2.57 bits per heavy atom. The highest BCUT2D eigenvalue weighted by Crippen LogP contribution is 2.23. The number of ether oxygens (including phenoxy) is 1. The topological polar surface area (TPSA) is 55.4 Å². The van der Waals surface area contributed by atoms with Crippen molar-refractivity contribution in [2.45, 2.75) is 12.5 Å². The molecule has 21 heavy (non-hydrogen) atoms. The van der Waals surface area contributed by atoms with Crippen LogP contribution in [0.5, 0.6) is 0 Å². The van der Waals surface area contributed by atoms with Crippen LogP contribution in [0.15, 0.2) is 47.8 Å². The molecule has 2 rings (SSSR count). The van der Waals surface area contributed by atoms with E-state index in [0.29, 0.717) is 6.42 Å². The molecule has 0 unspecified atom stereocenters. The molecule has 0 amide bonds. The van der Waals surface area contributed by atoms with Gasteiger partial charge in [0.15, 0.2) is 0 Å². The predicted molar refractivity (Wildman–Crippen MR) is 86.0 cm³/mol. The minimum absolute atomic E-state index is 0.0276. The monoisotopic (exact) mass is 325 g/mol. The Bertz CT molecular complexity index is 624. The highest BCUT2D eigenvalue weighted by molar-refractivity contribution is 7.89. The van der Waals surface area contributed by atoms with Crippen molar-refractivity contribution >= 4 is 21.4 Å². The zero-order valence-electron chi connectivity index (χ0n) is 11.9. The summed E-state index contributed by atoms with van der Waals surface area (Å²) in [5.41, 5.74) is 1.10. The van der Waals surface area contributed by atoms with Crippen LogP contribution < -0.4 is 4.72 Å². The predicted octanol–water partition coefficient (Wildman–Crippen LogP) is 2.60. The summed E-state index contributed by atoms with van der Waals surface area (Å²) in [6.45, 7) is 0.192. The van der Waals surface area contributed by atoms with Gasteiger partial charge in [-0.1, -0.05) is 36.4 Å². The molecule has 1 atom stereocenters. The molecule has 1 aromatic carbocycles. The highest BCUT2D eigenvalue weighted by Gasteiger charge is 2.20. The Kier molecular flexibility index (Phi) is 5.93.